The molecule has 7 nitrogen and oxygen atoms in total. The molecule has 0 aliphatic rings. The van der Waals surface area contributed by atoms with E-state index in [2.05, 4.69) is 25.8 Å². The molecule has 2 heterocycles. The van der Waals surface area contributed by atoms with Gasteiger partial charge in [-0.25, -0.2) is 0 Å². The van der Waals surface area contributed by atoms with E-state index in [9.17, 15) is 4.79 Å². The van der Waals surface area contributed by atoms with E-state index in [0.29, 0.717) is 17.2 Å². The summed E-state index contributed by atoms with van der Waals surface area (Å²) in [6.07, 6.45) is 1.58. The Labute approximate surface area is 120 Å². The lowest BCUT2D eigenvalue weighted by molar-refractivity contribution is 0.102. The first-order chi connectivity index (χ1) is 10.2. The van der Waals surface area contributed by atoms with Crippen molar-refractivity contribution in [3.63, 3.8) is 0 Å². The van der Waals surface area contributed by atoms with Gasteiger partial charge in [0.25, 0.3) is 5.91 Å². The summed E-state index contributed by atoms with van der Waals surface area (Å²) in [5.74, 6) is 0.407. The molecular formula is C14H12N6O. The molecule has 21 heavy (non-hydrogen) atoms. The van der Waals surface area contributed by atoms with E-state index in [1.54, 1.807) is 48.1 Å². The van der Waals surface area contributed by atoms with E-state index in [-0.39, 0.29) is 5.91 Å². The summed E-state index contributed by atoms with van der Waals surface area (Å²) < 4.78 is 1.59. The molecule has 7 heteroatoms. The van der Waals surface area contributed by atoms with Crippen LogP contribution >= 0.6 is 0 Å². The van der Waals surface area contributed by atoms with Crippen molar-refractivity contribution >= 4 is 11.6 Å². The zero-order chi connectivity index (χ0) is 14.7. The Hall–Kier alpha value is -3.09. The third kappa shape index (κ3) is 2.76. The number of pyridine rings is 1. The molecule has 0 radical (unpaired) electrons. The lowest BCUT2D eigenvalue weighted by Gasteiger charge is -2.07. The van der Waals surface area contributed by atoms with E-state index < -0.39 is 0 Å². The Kier molecular flexibility index (Phi) is 3.38. The molecule has 1 amide bonds. The summed E-state index contributed by atoms with van der Waals surface area (Å²) in [4.78, 5) is 16.1. The number of tetrazole rings is 1. The molecular weight excluding hydrogens is 268 g/mol. The third-order valence-electron chi connectivity index (χ3n) is 2.87. The average molecular weight is 280 g/mol. The fourth-order valence-corrected chi connectivity index (χ4v) is 1.88. The molecule has 1 aromatic carbocycles. The van der Waals surface area contributed by atoms with Crippen molar-refractivity contribution in [3.8, 4) is 5.69 Å². The van der Waals surface area contributed by atoms with Crippen molar-refractivity contribution in [2.45, 2.75) is 6.92 Å². The Morgan fingerprint density at radius 1 is 1.19 bits per heavy atom. The zero-order valence-electron chi connectivity index (χ0n) is 11.3. The molecule has 0 saturated carbocycles. The number of rotatable bonds is 3. The van der Waals surface area contributed by atoms with Gasteiger partial charge in [0.1, 0.15) is 5.69 Å². The minimum Gasteiger partial charge on any atom is -0.321 e. The molecule has 0 atom stereocenters. The second-order valence-corrected chi connectivity index (χ2v) is 4.36. The number of anilines is 1. The lowest BCUT2D eigenvalue weighted by Crippen LogP contribution is -2.13. The summed E-state index contributed by atoms with van der Waals surface area (Å²) >= 11 is 0. The Morgan fingerprint density at radius 2 is 2.10 bits per heavy atom. The topological polar surface area (TPSA) is 85.6 Å². The highest BCUT2D eigenvalue weighted by Crippen LogP contribution is 2.15. The van der Waals surface area contributed by atoms with Gasteiger partial charge in [0.15, 0.2) is 5.82 Å². The van der Waals surface area contributed by atoms with Crippen LogP contribution in [0.1, 0.15) is 16.3 Å². The lowest BCUT2D eigenvalue weighted by atomic mass is 10.2. The number of nitrogens with one attached hydrogen (secondary N) is 1. The molecule has 104 valence electrons. The monoisotopic (exact) mass is 280 g/mol. The molecule has 2 aromatic heterocycles. The number of hydrogen-bond acceptors (Lipinski definition) is 5. The van der Waals surface area contributed by atoms with Gasteiger partial charge in [0.2, 0.25) is 0 Å². The Morgan fingerprint density at radius 3 is 2.81 bits per heavy atom. The molecule has 3 aromatic rings. The summed E-state index contributed by atoms with van der Waals surface area (Å²) in [5.41, 5.74) is 1.79. The van der Waals surface area contributed by atoms with Crippen LogP contribution < -0.4 is 5.32 Å². The van der Waals surface area contributed by atoms with Gasteiger partial charge in [-0.15, -0.1) is 5.10 Å². The highest BCUT2D eigenvalue weighted by Gasteiger charge is 2.08. The smallest absolute Gasteiger partial charge is 0.274 e. The van der Waals surface area contributed by atoms with Gasteiger partial charge >= 0.3 is 0 Å². The number of carbonyl (C=O) groups excluding carboxylic acids is 1. The van der Waals surface area contributed by atoms with Gasteiger partial charge < -0.3 is 5.32 Å². The number of hydrogen-bond donors (Lipinski definition) is 1. The van der Waals surface area contributed by atoms with Crippen LogP contribution in [0.15, 0.2) is 48.7 Å². The molecule has 0 spiro atoms. The normalized spacial score (nSPS) is 10.3. The SMILES string of the molecule is Cc1nnnn1-c1cccc(NC(=O)c2ccccn2)c1. The van der Waals surface area contributed by atoms with Gasteiger partial charge in [-0.2, -0.15) is 4.68 Å². The second-order valence-electron chi connectivity index (χ2n) is 4.36. The van der Waals surface area contributed by atoms with Crippen molar-refractivity contribution < 1.29 is 4.79 Å². The van der Waals surface area contributed by atoms with Gasteiger partial charge in [0.05, 0.1) is 5.69 Å². The molecule has 0 saturated heterocycles. The maximum atomic E-state index is 12.1. The standard InChI is InChI=1S/C14H12N6O/c1-10-17-18-19-20(10)12-6-4-5-11(9-12)16-14(21)13-7-2-3-8-15-13/h2-9H,1H3,(H,16,21). The summed E-state index contributed by atoms with van der Waals surface area (Å²) in [6, 6.07) is 12.5. The summed E-state index contributed by atoms with van der Waals surface area (Å²) in [7, 11) is 0. The maximum absolute atomic E-state index is 12.1. The van der Waals surface area contributed by atoms with Gasteiger partial charge in [-0.1, -0.05) is 12.1 Å². The minimum atomic E-state index is -0.263. The Balaban J connectivity index is 1.84. The first-order valence-electron chi connectivity index (χ1n) is 6.32. The fourth-order valence-electron chi connectivity index (χ4n) is 1.88. The van der Waals surface area contributed by atoms with Crippen LogP contribution in [0.5, 0.6) is 0 Å². The summed E-state index contributed by atoms with van der Waals surface area (Å²) in [5, 5.41) is 14.1. The molecule has 0 bridgehead atoms. The van der Waals surface area contributed by atoms with Crippen LogP contribution in [0.4, 0.5) is 5.69 Å². The van der Waals surface area contributed by atoms with Crippen molar-refractivity contribution in [1.82, 2.24) is 25.2 Å². The van der Waals surface area contributed by atoms with Crippen LogP contribution in [0, 0.1) is 6.92 Å². The number of benzene rings is 1. The average Bonchev–Trinajstić information content (AvgIpc) is 2.94. The first-order valence-corrected chi connectivity index (χ1v) is 6.32. The molecule has 1 N–H and O–H groups in total. The highest BCUT2D eigenvalue weighted by molar-refractivity contribution is 6.02. The summed E-state index contributed by atoms with van der Waals surface area (Å²) in [6.45, 7) is 1.80. The van der Waals surface area contributed by atoms with E-state index in [1.807, 2.05) is 12.1 Å². The number of aryl methyl sites for hydroxylation is 1. The molecule has 0 aliphatic heterocycles. The van der Waals surface area contributed by atoms with Crippen LogP contribution in [0.3, 0.4) is 0 Å². The fraction of sp³-hybridized carbons (Fsp3) is 0.0714. The molecule has 3 rings (SSSR count). The number of amides is 1. The third-order valence-corrected chi connectivity index (χ3v) is 2.87. The Bertz CT molecular complexity index is 768. The quantitative estimate of drug-likeness (QED) is 0.788. The van der Waals surface area contributed by atoms with E-state index in [4.69, 9.17) is 0 Å². The van der Waals surface area contributed by atoms with Gasteiger partial charge in [0, 0.05) is 11.9 Å². The number of carbonyl (C=O) groups is 1. The van der Waals surface area contributed by atoms with Crippen molar-refractivity contribution in [3.05, 3.63) is 60.2 Å². The second kappa shape index (κ2) is 5.49. The van der Waals surface area contributed by atoms with E-state index in [0.717, 1.165) is 5.69 Å². The van der Waals surface area contributed by atoms with Gasteiger partial charge in [-0.3, -0.25) is 9.78 Å². The van der Waals surface area contributed by atoms with E-state index >= 15 is 0 Å². The largest absolute Gasteiger partial charge is 0.321 e. The van der Waals surface area contributed by atoms with E-state index in [1.165, 1.54) is 0 Å². The molecule has 0 fully saturated rings. The van der Waals surface area contributed by atoms with Crippen LogP contribution in [0.25, 0.3) is 5.69 Å². The zero-order valence-corrected chi connectivity index (χ0v) is 11.3. The molecule has 0 aliphatic carbocycles. The van der Waals surface area contributed by atoms with Crippen molar-refractivity contribution in [2.24, 2.45) is 0 Å². The number of nitrogens with zero attached hydrogens (tertiary/aromatic N) is 5. The predicted octanol–water partition coefficient (Wildman–Crippen LogP) is 1.62. The van der Waals surface area contributed by atoms with Crippen molar-refractivity contribution in [2.75, 3.05) is 5.32 Å². The van der Waals surface area contributed by atoms with Crippen LogP contribution in [0.2, 0.25) is 0 Å². The first kappa shape index (κ1) is 12.9. The predicted molar refractivity (Wildman–Crippen MR) is 76.1 cm³/mol. The highest BCUT2D eigenvalue weighted by atomic mass is 16.1. The number of aromatic nitrogens is 5. The van der Waals surface area contributed by atoms with Crippen LogP contribution in [-0.2, 0) is 0 Å². The minimum absolute atomic E-state index is 0.263. The molecule has 0 unspecified atom stereocenters. The van der Waals surface area contributed by atoms with Crippen LogP contribution in [-0.4, -0.2) is 31.1 Å². The van der Waals surface area contributed by atoms with Gasteiger partial charge in [-0.05, 0) is 47.7 Å². The maximum Gasteiger partial charge on any atom is 0.274 e. The van der Waals surface area contributed by atoms with Crippen molar-refractivity contribution in [1.29, 1.82) is 0 Å².